The molecule has 1 atom stereocenters. The van der Waals surface area contributed by atoms with E-state index in [2.05, 4.69) is 55.3 Å². The van der Waals surface area contributed by atoms with Gasteiger partial charge in [-0.2, -0.15) is 0 Å². The Morgan fingerprint density at radius 1 is 1.29 bits per heavy atom. The van der Waals surface area contributed by atoms with Crippen LogP contribution in [0.5, 0.6) is 0 Å². The first-order chi connectivity index (χ1) is 9.80. The monoisotopic (exact) mass is 296 g/mol. The van der Waals surface area contributed by atoms with Gasteiger partial charge in [0.1, 0.15) is 0 Å². The van der Waals surface area contributed by atoms with E-state index in [0.717, 1.165) is 18.4 Å². The zero-order valence-electron chi connectivity index (χ0n) is 15.0. The van der Waals surface area contributed by atoms with Gasteiger partial charge in [0.25, 0.3) is 0 Å². The summed E-state index contributed by atoms with van der Waals surface area (Å²) in [5.74, 6) is 1.74. The highest BCUT2D eigenvalue weighted by Gasteiger charge is 2.17. The van der Waals surface area contributed by atoms with E-state index in [1.807, 2.05) is 7.05 Å². The molecule has 0 bridgehead atoms. The highest BCUT2D eigenvalue weighted by Crippen LogP contribution is 2.21. The number of nitrogens with one attached hydrogen (secondary N) is 2. The molecule has 1 rings (SSSR count). The minimum Gasteiger partial charge on any atom is -0.356 e. The Bertz CT molecular complexity index is 311. The van der Waals surface area contributed by atoms with Crippen molar-refractivity contribution in [2.24, 2.45) is 16.3 Å². The molecule has 1 aliphatic heterocycles. The van der Waals surface area contributed by atoms with Crippen LogP contribution in [0.1, 0.15) is 53.4 Å². The van der Waals surface area contributed by atoms with Crippen LogP contribution in [0.25, 0.3) is 0 Å². The number of likely N-dealkylation sites (tertiary alicyclic amines) is 1. The molecule has 0 aliphatic carbocycles. The van der Waals surface area contributed by atoms with Crippen molar-refractivity contribution in [1.29, 1.82) is 0 Å². The van der Waals surface area contributed by atoms with Gasteiger partial charge in [-0.15, -0.1) is 0 Å². The summed E-state index contributed by atoms with van der Waals surface area (Å²) < 4.78 is 0. The van der Waals surface area contributed by atoms with Crippen molar-refractivity contribution in [2.75, 3.05) is 33.7 Å². The summed E-state index contributed by atoms with van der Waals surface area (Å²) in [7, 11) is 4.07. The zero-order chi connectivity index (χ0) is 15.9. The fourth-order valence-electron chi connectivity index (χ4n) is 2.66. The Kier molecular flexibility index (Phi) is 7.50. The molecule has 0 radical (unpaired) electrons. The molecule has 1 aliphatic rings. The van der Waals surface area contributed by atoms with E-state index in [4.69, 9.17) is 0 Å². The summed E-state index contributed by atoms with van der Waals surface area (Å²) in [6, 6.07) is 0.466. The number of aliphatic imine (C=N–C) groups is 1. The summed E-state index contributed by atoms with van der Waals surface area (Å²) >= 11 is 0. The second kappa shape index (κ2) is 8.62. The number of piperidine rings is 1. The lowest BCUT2D eigenvalue weighted by Gasteiger charge is -2.29. The van der Waals surface area contributed by atoms with E-state index in [-0.39, 0.29) is 0 Å². The molecule has 0 spiro atoms. The average Bonchev–Trinajstić information content (AvgIpc) is 2.42. The Labute approximate surface area is 131 Å². The van der Waals surface area contributed by atoms with Gasteiger partial charge in [-0.25, -0.2) is 0 Å². The molecule has 2 N–H and O–H groups in total. The lowest BCUT2D eigenvalue weighted by atomic mass is 9.89. The quantitative estimate of drug-likeness (QED) is 0.605. The van der Waals surface area contributed by atoms with Gasteiger partial charge >= 0.3 is 0 Å². The molecule has 0 aromatic heterocycles. The predicted octanol–water partition coefficient (Wildman–Crippen LogP) is 2.71. The molecule has 0 aromatic rings. The third-order valence-electron chi connectivity index (χ3n) is 4.33. The van der Waals surface area contributed by atoms with E-state index >= 15 is 0 Å². The van der Waals surface area contributed by atoms with Crippen LogP contribution in [0.3, 0.4) is 0 Å². The third-order valence-corrected chi connectivity index (χ3v) is 4.33. The van der Waals surface area contributed by atoms with Gasteiger partial charge in [0.2, 0.25) is 0 Å². The largest absolute Gasteiger partial charge is 0.356 e. The van der Waals surface area contributed by atoms with Crippen molar-refractivity contribution < 1.29 is 0 Å². The van der Waals surface area contributed by atoms with Gasteiger partial charge in [-0.3, -0.25) is 4.99 Å². The van der Waals surface area contributed by atoms with Crippen LogP contribution in [0.15, 0.2) is 4.99 Å². The number of nitrogens with zero attached hydrogens (tertiary/aromatic N) is 2. The summed E-state index contributed by atoms with van der Waals surface area (Å²) in [6.07, 6.45) is 4.99. The molecule has 1 unspecified atom stereocenters. The number of guanidine groups is 1. The molecule has 124 valence electrons. The normalized spacial score (nSPS) is 20.4. The van der Waals surface area contributed by atoms with Crippen LogP contribution >= 0.6 is 0 Å². The lowest BCUT2D eigenvalue weighted by molar-refractivity contribution is 0.220. The van der Waals surface area contributed by atoms with Crippen molar-refractivity contribution in [2.45, 2.75) is 59.4 Å². The Morgan fingerprint density at radius 3 is 2.43 bits per heavy atom. The van der Waals surface area contributed by atoms with Crippen LogP contribution in [0.4, 0.5) is 0 Å². The Balaban J connectivity index is 2.25. The molecule has 4 nitrogen and oxygen atoms in total. The summed E-state index contributed by atoms with van der Waals surface area (Å²) in [5, 5.41) is 7.02. The van der Waals surface area contributed by atoms with Crippen molar-refractivity contribution in [3.8, 4) is 0 Å². The standard InChI is InChI=1S/C17H36N4/c1-14(7-10-17(2,3)4)20-16(18-5)19-13-15-8-11-21(6)12-9-15/h14-15H,7-13H2,1-6H3,(H2,18,19,20). The molecule has 1 heterocycles. The minimum atomic E-state index is 0.404. The maximum absolute atomic E-state index is 4.36. The van der Waals surface area contributed by atoms with E-state index in [1.54, 1.807) is 0 Å². The average molecular weight is 297 g/mol. The fraction of sp³-hybridized carbons (Fsp3) is 0.941. The van der Waals surface area contributed by atoms with Gasteiger partial charge in [-0.1, -0.05) is 20.8 Å². The molecular weight excluding hydrogens is 260 g/mol. The third kappa shape index (κ3) is 8.30. The Hall–Kier alpha value is -0.770. The molecule has 1 saturated heterocycles. The van der Waals surface area contributed by atoms with Gasteiger partial charge < -0.3 is 15.5 Å². The smallest absolute Gasteiger partial charge is 0.191 e. The molecule has 0 aromatic carbocycles. The lowest BCUT2D eigenvalue weighted by Crippen LogP contribution is -2.45. The molecule has 0 amide bonds. The molecular formula is C17H36N4. The number of rotatable bonds is 5. The van der Waals surface area contributed by atoms with Crippen LogP contribution in [-0.4, -0.2) is 50.6 Å². The second-order valence-electron chi connectivity index (χ2n) is 7.84. The van der Waals surface area contributed by atoms with E-state index in [9.17, 15) is 0 Å². The van der Waals surface area contributed by atoms with Gasteiger partial charge in [0.05, 0.1) is 0 Å². The van der Waals surface area contributed by atoms with Crippen LogP contribution in [0.2, 0.25) is 0 Å². The minimum absolute atomic E-state index is 0.404. The first kappa shape index (κ1) is 18.3. The van der Waals surface area contributed by atoms with E-state index < -0.39 is 0 Å². The molecule has 21 heavy (non-hydrogen) atoms. The van der Waals surface area contributed by atoms with Gasteiger partial charge in [0.15, 0.2) is 5.96 Å². The zero-order valence-corrected chi connectivity index (χ0v) is 15.0. The number of hydrogen-bond acceptors (Lipinski definition) is 2. The van der Waals surface area contributed by atoms with E-state index in [1.165, 1.54) is 38.8 Å². The second-order valence-corrected chi connectivity index (χ2v) is 7.84. The summed E-state index contributed by atoms with van der Waals surface area (Å²) in [4.78, 5) is 6.77. The van der Waals surface area contributed by atoms with Crippen molar-refractivity contribution in [3.05, 3.63) is 0 Å². The fourth-order valence-corrected chi connectivity index (χ4v) is 2.66. The molecule has 4 heteroatoms. The van der Waals surface area contributed by atoms with Crippen LogP contribution < -0.4 is 10.6 Å². The summed E-state index contributed by atoms with van der Waals surface area (Å²) in [5.41, 5.74) is 0.404. The van der Waals surface area contributed by atoms with Gasteiger partial charge in [0, 0.05) is 19.6 Å². The maximum atomic E-state index is 4.36. The van der Waals surface area contributed by atoms with Crippen LogP contribution in [0, 0.1) is 11.3 Å². The molecule has 1 fully saturated rings. The van der Waals surface area contributed by atoms with Crippen molar-refractivity contribution >= 4 is 5.96 Å². The number of hydrogen-bond donors (Lipinski definition) is 2. The topological polar surface area (TPSA) is 39.7 Å². The SMILES string of the molecule is CN=C(NCC1CCN(C)CC1)NC(C)CCC(C)(C)C. The summed E-state index contributed by atoms with van der Waals surface area (Å²) in [6.45, 7) is 12.6. The predicted molar refractivity (Wildman–Crippen MR) is 92.9 cm³/mol. The molecule has 0 saturated carbocycles. The van der Waals surface area contributed by atoms with E-state index in [0.29, 0.717) is 11.5 Å². The first-order valence-electron chi connectivity index (χ1n) is 8.46. The maximum Gasteiger partial charge on any atom is 0.191 e. The first-order valence-corrected chi connectivity index (χ1v) is 8.46. The Morgan fingerprint density at radius 2 is 1.90 bits per heavy atom. The van der Waals surface area contributed by atoms with Crippen LogP contribution in [-0.2, 0) is 0 Å². The van der Waals surface area contributed by atoms with Gasteiger partial charge in [-0.05, 0) is 64.1 Å². The highest BCUT2D eigenvalue weighted by atomic mass is 15.2. The highest BCUT2D eigenvalue weighted by molar-refractivity contribution is 5.79. The van der Waals surface area contributed by atoms with Crippen molar-refractivity contribution in [3.63, 3.8) is 0 Å². The van der Waals surface area contributed by atoms with Crippen molar-refractivity contribution in [1.82, 2.24) is 15.5 Å².